The summed E-state index contributed by atoms with van der Waals surface area (Å²) in [5, 5.41) is 0. The van der Waals surface area contributed by atoms with Crippen LogP contribution < -0.4 is 11.3 Å². The van der Waals surface area contributed by atoms with Crippen LogP contribution in [0.15, 0.2) is 34.3 Å². The van der Waals surface area contributed by atoms with E-state index < -0.39 is 0 Å². The molecule has 0 saturated carbocycles. The second-order valence-electron chi connectivity index (χ2n) is 3.53. The van der Waals surface area contributed by atoms with Crippen LogP contribution in [0.2, 0.25) is 0 Å². The first-order valence-corrected chi connectivity index (χ1v) is 5.40. The predicted octanol–water partition coefficient (Wildman–Crippen LogP) is 3.06. The molecular formula is C11H14BrFN2. The summed E-state index contributed by atoms with van der Waals surface area (Å²) < 4.78 is 13.7. The van der Waals surface area contributed by atoms with E-state index >= 15 is 0 Å². The molecule has 0 heterocycles. The summed E-state index contributed by atoms with van der Waals surface area (Å²) >= 11 is 3.21. The fraction of sp³-hybridized carbons (Fsp3) is 0.273. The van der Waals surface area contributed by atoms with Gasteiger partial charge in [-0.2, -0.15) is 0 Å². The molecule has 15 heavy (non-hydrogen) atoms. The third kappa shape index (κ3) is 3.12. The van der Waals surface area contributed by atoms with Crippen LogP contribution in [0.4, 0.5) is 4.39 Å². The van der Waals surface area contributed by atoms with Gasteiger partial charge in [0.15, 0.2) is 0 Å². The minimum absolute atomic E-state index is 0.180. The van der Waals surface area contributed by atoms with Gasteiger partial charge >= 0.3 is 0 Å². The lowest BCUT2D eigenvalue weighted by atomic mass is 10.1. The zero-order valence-electron chi connectivity index (χ0n) is 8.72. The largest absolute Gasteiger partial charge is 0.271 e. The van der Waals surface area contributed by atoms with Crippen LogP contribution in [0.3, 0.4) is 0 Å². The van der Waals surface area contributed by atoms with Crippen molar-refractivity contribution in [2.24, 2.45) is 5.84 Å². The van der Waals surface area contributed by atoms with Gasteiger partial charge in [-0.15, -0.1) is 0 Å². The standard InChI is InChI=1S/C11H14BrFN2/c1-7(2)6-10(15-14)8-4-3-5-9(13)11(8)12/h3-6,10,15H,14H2,1-2H3. The zero-order valence-corrected chi connectivity index (χ0v) is 10.3. The number of hydrogen-bond donors (Lipinski definition) is 2. The number of nitrogens with one attached hydrogen (secondary N) is 1. The van der Waals surface area contributed by atoms with E-state index in [1.165, 1.54) is 6.07 Å². The molecule has 82 valence electrons. The summed E-state index contributed by atoms with van der Waals surface area (Å²) in [4.78, 5) is 0. The summed E-state index contributed by atoms with van der Waals surface area (Å²) in [6.07, 6.45) is 1.94. The molecule has 0 aliphatic rings. The fourth-order valence-electron chi connectivity index (χ4n) is 1.32. The second-order valence-corrected chi connectivity index (χ2v) is 4.32. The quantitative estimate of drug-likeness (QED) is 0.504. The van der Waals surface area contributed by atoms with Crippen molar-refractivity contribution in [1.29, 1.82) is 0 Å². The van der Waals surface area contributed by atoms with Crippen LogP contribution in [0.1, 0.15) is 25.5 Å². The van der Waals surface area contributed by atoms with Gasteiger partial charge in [-0.25, -0.2) is 9.82 Å². The normalized spacial score (nSPS) is 12.3. The van der Waals surface area contributed by atoms with E-state index in [1.807, 2.05) is 26.0 Å². The van der Waals surface area contributed by atoms with Crippen molar-refractivity contribution < 1.29 is 4.39 Å². The zero-order chi connectivity index (χ0) is 11.4. The lowest BCUT2D eigenvalue weighted by Crippen LogP contribution is -2.27. The highest BCUT2D eigenvalue weighted by Crippen LogP contribution is 2.26. The third-order valence-corrected chi connectivity index (χ3v) is 2.83. The number of hydrazine groups is 1. The van der Waals surface area contributed by atoms with E-state index in [-0.39, 0.29) is 11.9 Å². The molecule has 0 aliphatic heterocycles. The van der Waals surface area contributed by atoms with Gasteiger partial charge < -0.3 is 0 Å². The Morgan fingerprint density at radius 3 is 2.73 bits per heavy atom. The molecule has 0 saturated heterocycles. The Morgan fingerprint density at radius 2 is 2.20 bits per heavy atom. The molecule has 1 atom stereocenters. The van der Waals surface area contributed by atoms with Gasteiger partial charge in [-0.3, -0.25) is 5.84 Å². The molecule has 0 aliphatic carbocycles. The minimum atomic E-state index is -0.282. The molecule has 2 nitrogen and oxygen atoms in total. The maximum atomic E-state index is 13.3. The number of halogens is 2. The van der Waals surface area contributed by atoms with Crippen molar-refractivity contribution in [2.75, 3.05) is 0 Å². The minimum Gasteiger partial charge on any atom is -0.271 e. The molecular weight excluding hydrogens is 259 g/mol. The van der Waals surface area contributed by atoms with Crippen LogP contribution in [0.25, 0.3) is 0 Å². The Kier molecular flexibility index (Phi) is 4.45. The van der Waals surface area contributed by atoms with Crippen LogP contribution in [-0.4, -0.2) is 0 Å². The first-order chi connectivity index (χ1) is 7.06. The molecule has 4 heteroatoms. The molecule has 0 amide bonds. The summed E-state index contributed by atoms with van der Waals surface area (Å²) in [7, 11) is 0. The summed E-state index contributed by atoms with van der Waals surface area (Å²) in [5.41, 5.74) is 4.55. The Balaban J connectivity index is 3.13. The van der Waals surface area contributed by atoms with Gasteiger partial charge in [-0.1, -0.05) is 23.8 Å². The van der Waals surface area contributed by atoms with Crippen LogP contribution in [0.5, 0.6) is 0 Å². The van der Waals surface area contributed by atoms with Crippen LogP contribution in [-0.2, 0) is 0 Å². The number of benzene rings is 1. The summed E-state index contributed by atoms with van der Waals surface area (Å²) in [5.74, 6) is 5.15. The summed E-state index contributed by atoms with van der Waals surface area (Å²) in [6.45, 7) is 3.94. The maximum absolute atomic E-state index is 13.3. The van der Waals surface area contributed by atoms with E-state index in [2.05, 4.69) is 21.4 Å². The molecule has 1 aromatic rings. The second kappa shape index (κ2) is 5.39. The van der Waals surface area contributed by atoms with Crippen LogP contribution >= 0.6 is 15.9 Å². The van der Waals surface area contributed by atoms with Gasteiger partial charge in [0.25, 0.3) is 0 Å². The highest BCUT2D eigenvalue weighted by Gasteiger charge is 2.12. The number of rotatable bonds is 3. The van der Waals surface area contributed by atoms with Crippen molar-refractivity contribution in [3.05, 3.63) is 45.7 Å². The first kappa shape index (κ1) is 12.4. The topological polar surface area (TPSA) is 38.0 Å². The Morgan fingerprint density at radius 1 is 1.53 bits per heavy atom. The number of nitrogens with two attached hydrogens (primary N) is 1. The van der Waals surface area contributed by atoms with Gasteiger partial charge in [0.2, 0.25) is 0 Å². The molecule has 0 aromatic heterocycles. The lowest BCUT2D eigenvalue weighted by Gasteiger charge is -2.14. The average molecular weight is 273 g/mol. The molecule has 0 bridgehead atoms. The molecule has 0 radical (unpaired) electrons. The maximum Gasteiger partial charge on any atom is 0.137 e. The van der Waals surface area contributed by atoms with Gasteiger partial charge in [0.1, 0.15) is 5.82 Å². The lowest BCUT2D eigenvalue weighted by molar-refractivity contribution is 0.602. The smallest absolute Gasteiger partial charge is 0.137 e. The molecule has 0 spiro atoms. The average Bonchev–Trinajstić information content (AvgIpc) is 2.19. The number of allylic oxidation sites excluding steroid dienone is 1. The highest BCUT2D eigenvalue weighted by atomic mass is 79.9. The van der Waals surface area contributed by atoms with Crippen LogP contribution in [0, 0.1) is 5.82 Å². The van der Waals surface area contributed by atoms with Gasteiger partial charge in [-0.05, 0) is 41.4 Å². The third-order valence-electron chi connectivity index (χ3n) is 2.00. The number of hydrogen-bond acceptors (Lipinski definition) is 2. The van der Waals surface area contributed by atoms with E-state index in [0.29, 0.717) is 4.47 Å². The van der Waals surface area contributed by atoms with E-state index in [0.717, 1.165) is 11.1 Å². The molecule has 1 rings (SSSR count). The highest BCUT2D eigenvalue weighted by molar-refractivity contribution is 9.10. The van der Waals surface area contributed by atoms with Gasteiger partial charge in [0.05, 0.1) is 10.5 Å². The van der Waals surface area contributed by atoms with E-state index in [9.17, 15) is 4.39 Å². The van der Waals surface area contributed by atoms with Crippen molar-refractivity contribution in [1.82, 2.24) is 5.43 Å². The monoisotopic (exact) mass is 272 g/mol. The Hall–Kier alpha value is -0.710. The molecule has 1 unspecified atom stereocenters. The van der Waals surface area contributed by atoms with Crippen molar-refractivity contribution in [3.63, 3.8) is 0 Å². The van der Waals surface area contributed by atoms with Gasteiger partial charge in [0, 0.05) is 0 Å². The molecule has 1 aromatic carbocycles. The molecule has 0 fully saturated rings. The molecule has 3 N–H and O–H groups in total. The van der Waals surface area contributed by atoms with E-state index in [1.54, 1.807) is 6.07 Å². The predicted molar refractivity (Wildman–Crippen MR) is 63.6 cm³/mol. The Bertz CT molecular complexity index is 373. The fourth-order valence-corrected chi connectivity index (χ4v) is 1.83. The SMILES string of the molecule is CC(C)=CC(NN)c1cccc(F)c1Br. The van der Waals surface area contributed by atoms with Crippen molar-refractivity contribution in [2.45, 2.75) is 19.9 Å². The van der Waals surface area contributed by atoms with Crippen molar-refractivity contribution in [3.8, 4) is 0 Å². The van der Waals surface area contributed by atoms with E-state index in [4.69, 9.17) is 5.84 Å². The Labute approximate surface area is 97.5 Å². The summed E-state index contributed by atoms with van der Waals surface area (Å²) in [6, 6.07) is 4.72. The first-order valence-electron chi connectivity index (χ1n) is 4.61. The van der Waals surface area contributed by atoms with Crippen molar-refractivity contribution >= 4 is 15.9 Å².